The number of carbonyl (C=O) groups excluding carboxylic acids is 1. The number of esters is 1. The third kappa shape index (κ3) is 12.0. The lowest BCUT2D eigenvalue weighted by atomic mass is 10.1. The van der Waals surface area contributed by atoms with Gasteiger partial charge in [0, 0.05) is 32.8 Å². The molecule has 1 heterocycles. The van der Waals surface area contributed by atoms with Gasteiger partial charge in [-0.2, -0.15) is 0 Å². The van der Waals surface area contributed by atoms with Crippen LogP contribution in [0.25, 0.3) is 0 Å². The summed E-state index contributed by atoms with van der Waals surface area (Å²) in [6.45, 7) is 9.55. The second kappa shape index (κ2) is 14.4. The van der Waals surface area contributed by atoms with Gasteiger partial charge in [0.1, 0.15) is 17.6 Å². The van der Waals surface area contributed by atoms with Gasteiger partial charge in [0.15, 0.2) is 0 Å². The molecule has 0 radical (unpaired) electrons. The van der Waals surface area contributed by atoms with Gasteiger partial charge in [0.05, 0.1) is 6.61 Å². The number of pyridine rings is 1. The molecule has 0 fully saturated rings. The summed E-state index contributed by atoms with van der Waals surface area (Å²) in [4.78, 5) is 18.7. The van der Waals surface area contributed by atoms with Gasteiger partial charge < -0.3 is 19.7 Å². The van der Waals surface area contributed by atoms with Crippen molar-refractivity contribution in [2.75, 3.05) is 45.7 Å². The van der Waals surface area contributed by atoms with Crippen molar-refractivity contribution in [1.29, 1.82) is 0 Å². The van der Waals surface area contributed by atoms with Gasteiger partial charge in [-0.15, -0.1) is 0 Å². The number of nitrogens with zero attached hydrogens (tertiary/aromatic N) is 2. The van der Waals surface area contributed by atoms with E-state index in [9.17, 15) is 9.18 Å². The van der Waals surface area contributed by atoms with Crippen molar-refractivity contribution in [3.63, 3.8) is 0 Å². The summed E-state index contributed by atoms with van der Waals surface area (Å²) >= 11 is 0. The topological polar surface area (TPSA) is 63.7 Å². The number of anilines is 1. The van der Waals surface area contributed by atoms with Crippen molar-refractivity contribution in [1.82, 2.24) is 9.88 Å². The number of aryl methyl sites for hydroxylation is 2. The van der Waals surface area contributed by atoms with Crippen LogP contribution in [0.2, 0.25) is 0 Å². The molecule has 6 nitrogen and oxygen atoms in total. The zero-order valence-electron chi connectivity index (χ0n) is 20.3. The SMILES string of the molecule is CCc1ccc(CCCCN(CCCC(=O)OC(C)(C)C)CC(F)COC)nc1NC. The number of nitrogens with one attached hydrogen (secondary N) is 1. The first kappa shape index (κ1) is 27.3. The van der Waals surface area contributed by atoms with Gasteiger partial charge in [0.2, 0.25) is 0 Å². The number of carbonyl (C=O) groups is 1. The fraction of sp³-hybridized carbons (Fsp3) is 0.750. The first-order chi connectivity index (χ1) is 14.7. The molecule has 7 heteroatoms. The van der Waals surface area contributed by atoms with Crippen LogP contribution in [-0.2, 0) is 27.1 Å². The van der Waals surface area contributed by atoms with Crippen LogP contribution < -0.4 is 5.32 Å². The fourth-order valence-corrected chi connectivity index (χ4v) is 3.46. The molecular weight excluding hydrogens is 397 g/mol. The van der Waals surface area contributed by atoms with Crippen molar-refractivity contribution >= 4 is 11.8 Å². The number of hydrogen-bond donors (Lipinski definition) is 1. The lowest BCUT2D eigenvalue weighted by Crippen LogP contribution is -2.34. The lowest BCUT2D eigenvalue weighted by molar-refractivity contribution is -0.155. The van der Waals surface area contributed by atoms with Gasteiger partial charge in [-0.3, -0.25) is 4.79 Å². The number of methoxy groups -OCH3 is 1. The Morgan fingerprint density at radius 3 is 2.55 bits per heavy atom. The summed E-state index contributed by atoms with van der Waals surface area (Å²) in [5.74, 6) is 0.742. The van der Waals surface area contributed by atoms with E-state index in [0.29, 0.717) is 25.9 Å². The molecule has 178 valence electrons. The normalized spacial score (nSPS) is 12.8. The minimum absolute atomic E-state index is 0.0864. The average molecular weight is 440 g/mol. The largest absolute Gasteiger partial charge is 0.460 e. The first-order valence-electron chi connectivity index (χ1n) is 11.4. The van der Waals surface area contributed by atoms with Crippen molar-refractivity contribution in [2.24, 2.45) is 0 Å². The van der Waals surface area contributed by atoms with E-state index in [1.807, 2.05) is 27.8 Å². The van der Waals surface area contributed by atoms with Gasteiger partial charge in [-0.05, 0) is 77.6 Å². The molecule has 1 atom stereocenters. The van der Waals surface area contributed by atoms with E-state index in [1.165, 1.54) is 12.7 Å². The Kier molecular flexibility index (Phi) is 12.6. The smallest absolute Gasteiger partial charge is 0.306 e. The van der Waals surface area contributed by atoms with E-state index in [4.69, 9.17) is 14.5 Å². The molecule has 0 aromatic carbocycles. The number of rotatable bonds is 15. The highest BCUT2D eigenvalue weighted by molar-refractivity contribution is 5.69. The molecule has 1 rings (SSSR count). The second-order valence-electron chi connectivity index (χ2n) is 8.91. The Balaban J connectivity index is 2.49. The predicted octanol–water partition coefficient (Wildman–Crippen LogP) is 4.42. The zero-order chi connectivity index (χ0) is 23.3. The first-order valence-corrected chi connectivity index (χ1v) is 11.4. The van der Waals surface area contributed by atoms with Crippen molar-refractivity contribution in [3.05, 3.63) is 23.4 Å². The van der Waals surface area contributed by atoms with Crippen LogP contribution >= 0.6 is 0 Å². The molecule has 0 saturated heterocycles. The molecule has 0 spiro atoms. The Hall–Kier alpha value is -1.73. The summed E-state index contributed by atoms with van der Waals surface area (Å²) in [6.07, 6.45) is 3.72. The Labute approximate surface area is 187 Å². The summed E-state index contributed by atoms with van der Waals surface area (Å²) in [7, 11) is 3.41. The number of unbranched alkanes of at least 4 members (excludes halogenated alkanes) is 1. The van der Waals surface area contributed by atoms with E-state index >= 15 is 0 Å². The van der Waals surface area contributed by atoms with Crippen LogP contribution in [0.4, 0.5) is 10.2 Å². The summed E-state index contributed by atoms with van der Waals surface area (Å²) in [5, 5.41) is 3.16. The maximum absolute atomic E-state index is 14.1. The fourth-order valence-electron chi connectivity index (χ4n) is 3.46. The Morgan fingerprint density at radius 1 is 1.23 bits per heavy atom. The van der Waals surface area contributed by atoms with E-state index in [1.54, 1.807) is 0 Å². The zero-order valence-corrected chi connectivity index (χ0v) is 20.3. The van der Waals surface area contributed by atoms with Crippen LogP contribution in [0.3, 0.4) is 0 Å². The van der Waals surface area contributed by atoms with Gasteiger partial charge in [-0.25, -0.2) is 9.37 Å². The molecule has 1 aromatic rings. The average Bonchev–Trinajstić information content (AvgIpc) is 2.69. The number of hydrogen-bond acceptors (Lipinski definition) is 6. The summed E-state index contributed by atoms with van der Waals surface area (Å²) in [5.41, 5.74) is 1.81. The number of aromatic nitrogens is 1. The van der Waals surface area contributed by atoms with E-state index in [0.717, 1.165) is 43.7 Å². The summed E-state index contributed by atoms with van der Waals surface area (Å²) in [6, 6.07) is 4.23. The van der Waals surface area contributed by atoms with E-state index in [2.05, 4.69) is 29.3 Å². The van der Waals surface area contributed by atoms with Crippen molar-refractivity contribution in [3.8, 4) is 0 Å². The molecule has 0 aliphatic carbocycles. The van der Waals surface area contributed by atoms with Crippen LogP contribution in [0.1, 0.15) is 64.6 Å². The van der Waals surface area contributed by atoms with Gasteiger partial charge in [-0.1, -0.05) is 13.0 Å². The maximum atomic E-state index is 14.1. The highest BCUT2D eigenvalue weighted by Gasteiger charge is 2.17. The molecule has 0 bridgehead atoms. The van der Waals surface area contributed by atoms with E-state index in [-0.39, 0.29) is 12.6 Å². The summed E-state index contributed by atoms with van der Waals surface area (Å²) < 4.78 is 24.4. The van der Waals surface area contributed by atoms with Crippen LogP contribution in [-0.4, -0.2) is 68.0 Å². The molecule has 0 aliphatic heterocycles. The molecule has 31 heavy (non-hydrogen) atoms. The number of alkyl halides is 1. The Bertz CT molecular complexity index is 649. The van der Waals surface area contributed by atoms with Crippen LogP contribution in [0.15, 0.2) is 12.1 Å². The minimum atomic E-state index is -1.03. The monoisotopic (exact) mass is 439 g/mol. The number of halogens is 1. The van der Waals surface area contributed by atoms with E-state index < -0.39 is 11.8 Å². The highest BCUT2D eigenvalue weighted by atomic mass is 19.1. The van der Waals surface area contributed by atoms with Gasteiger partial charge >= 0.3 is 5.97 Å². The maximum Gasteiger partial charge on any atom is 0.306 e. The molecule has 0 amide bonds. The molecule has 0 saturated carbocycles. The predicted molar refractivity (Wildman–Crippen MR) is 124 cm³/mol. The molecule has 1 aromatic heterocycles. The quantitative estimate of drug-likeness (QED) is 0.322. The highest BCUT2D eigenvalue weighted by Crippen LogP contribution is 2.15. The molecule has 1 unspecified atom stereocenters. The van der Waals surface area contributed by atoms with Gasteiger partial charge in [0.25, 0.3) is 0 Å². The Morgan fingerprint density at radius 2 is 1.94 bits per heavy atom. The number of ether oxygens (including phenoxy) is 2. The van der Waals surface area contributed by atoms with Crippen LogP contribution in [0, 0.1) is 0 Å². The van der Waals surface area contributed by atoms with Crippen molar-refractivity contribution < 1.29 is 18.7 Å². The third-order valence-electron chi connectivity index (χ3n) is 4.89. The molecule has 0 aliphatic rings. The lowest BCUT2D eigenvalue weighted by Gasteiger charge is -2.24. The third-order valence-corrected chi connectivity index (χ3v) is 4.89. The standard InChI is InChI=1S/C24H42FN3O3/c1-7-19-13-14-21(27-23(19)26-5)11-8-9-15-28(17-20(25)18-30-6)16-10-12-22(29)31-24(2,3)4/h13-14,20H,7-12,15-18H2,1-6H3,(H,26,27). The van der Waals surface area contributed by atoms with Crippen molar-refractivity contribution in [2.45, 2.75) is 78.0 Å². The second-order valence-corrected chi connectivity index (χ2v) is 8.91. The molecular formula is C24H42FN3O3. The van der Waals surface area contributed by atoms with Crippen LogP contribution in [0.5, 0.6) is 0 Å². The molecule has 1 N–H and O–H groups in total. The minimum Gasteiger partial charge on any atom is -0.460 e.